The highest BCUT2D eigenvalue weighted by Crippen LogP contribution is 2.09. The summed E-state index contributed by atoms with van der Waals surface area (Å²) in [7, 11) is -3.43. The molecule has 21 heavy (non-hydrogen) atoms. The van der Waals surface area contributed by atoms with Crippen LogP contribution in [0.25, 0.3) is 0 Å². The number of hydrogen-bond acceptors (Lipinski definition) is 3. The van der Waals surface area contributed by atoms with Crippen molar-refractivity contribution in [3.63, 3.8) is 0 Å². The maximum Gasteiger partial charge on any atom is 0.239 e. The molecule has 0 saturated carbocycles. The van der Waals surface area contributed by atoms with Gasteiger partial charge in [-0.25, -0.2) is 12.8 Å². The van der Waals surface area contributed by atoms with Gasteiger partial charge in [0.2, 0.25) is 15.9 Å². The van der Waals surface area contributed by atoms with Gasteiger partial charge in [0.25, 0.3) is 0 Å². The van der Waals surface area contributed by atoms with E-state index in [0.29, 0.717) is 18.7 Å². The largest absolute Gasteiger partial charge is 0.325 e. The molecule has 1 rings (SSSR count). The Balaban J connectivity index is 2.61. The number of unbranched alkanes of at least 4 members (excludes halogenated alkanes) is 2. The van der Waals surface area contributed by atoms with E-state index in [1.54, 1.807) is 0 Å². The number of amides is 1. The quantitative estimate of drug-likeness (QED) is 0.748. The number of halogens is 1. The number of carbonyl (C=O) groups excluding carboxylic acids is 1. The summed E-state index contributed by atoms with van der Waals surface area (Å²) in [4.78, 5) is 11.9. The van der Waals surface area contributed by atoms with Gasteiger partial charge >= 0.3 is 0 Å². The molecule has 0 aliphatic heterocycles. The van der Waals surface area contributed by atoms with Crippen LogP contribution in [0.3, 0.4) is 0 Å². The molecular weight excluding hydrogens is 295 g/mol. The third-order valence-corrected chi connectivity index (χ3v) is 4.18. The van der Waals surface area contributed by atoms with Crippen LogP contribution in [0.2, 0.25) is 0 Å². The van der Waals surface area contributed by atoms with Gasteiger partial charge in [-0.15, -0.1) is 0 Å². The molecule has 1 aromatic rings. The SMILES string of the molecule is CCCCCN(CC(=O)Nc1ccc(F)cc1)S(C)(=O)=O. The maximum absolute atomic E-state index is 12.8. The van der Waals surface area contributed by atoms with E-state index in [1.165, 1.54) is 24.3 Å². The highest BCUT2D eigenvalue weighted by atomic mass is 32.2. The van der Waals surface area contributed by atoms with E-state index in [-0.39, 0.29) is 6.54 Å². The molecule has 0 heterocycles. The Morgan fingerprint density at radius 2 is 1.86 bits per heavy atom. The summed E-state index contributed by atoms with van der Waals surface area (Å²) in [5, 5.41) is 2.55. The predicted molar refractivity (Wildman–Crippen MR) is 81.0 cm³/mol. The summed E-state index contributed by atoms with van der Waals surface area (Å²) >= 11 is 0. The van der Waals surface area contributed by atoms with Crippen LogP contribution in [0.4, 0.5) is 10.1 Å². The van der Waals surface area contributed by atoms with Crippen LogP contribution in [0, 0.1) is 5.82 Å². The summed E-state index contributed by atoms with van der Waals surface area (Å²) < 4.78 is 37.2. The number of rotatable bonds is 8. The first-order valence-corrected chi connectivity index (χ1v) is 8.68. The molecule has 1 aromatic carbocycles. The van der Waals surface area contributed by atoms with Crippen LogP contribution in [0.5, 0.6) is 0 Å². The van der Waals surface area contributed by atoms with Crippen LogP contribution < -0.4 is 5.32 Å². The second-order valence-corrected chi connectivity index (χ2v) is 6.84. The number of sulfonamides is 1. The van der Waals surface area contributed by atoms with Crippen LogP contribution in [-0.2, 0) is 14.8 Å². The number of hydrogen-bond donors (Lipinski definition) is 1. The minimum absolute atomic E-state index is 0.236. The lowest BCUT2D eigenvalue weighted by molar-refractivity contribution is -0.116. The smallest absolute Gasteiger partial charge is 0.239 e. The topological polar surface area (TPSA) is 66.5 Å². The maximum atomic E-state index is 12.8. The van der Waals surface area contributed by atoms with Crippen LogP contribution >= 0.6 is 0 Å². The molecule has 0 aliphatic rings. The van der Waals surface area contributed by atoms with Crippen molar-refractivity contribution in [1.82, 2.24) is 4.31 Å². The van der Waals surface area contributed by atoms with Gasteiger partial charge in [0.15, 0.2) is 0 Å². The molecule has 0 atom stereocenters. The Bertz CT molecular complexity index is 558. The van der Waals surface area contributed by atoms with E-state index in [4.69, 9.17) is 0 Å². The Morgan fingerprint density at radius 1 is 1.24 bits per heavy atom. The molecule has 5 nitrogen and oxygen atoms in total. The van der Waals surface area contributed by atoms with Gasteiger partial charge in [0.05, 0.1) is 12.8 Å². The molecule has 0 aliphatic carbocycles. The molecule has 7 heteroatoms. The van der Waals surface area contributed by atoms with Crippen molar-refractivity contribution in [2.24, 2.45) is 0 Å². The van der Waals surface area contributed by atoms with Gasteiger partial charge in [-0.1, -0.05) is 19.8 Å². The highest BCUT2D eigenvalue weighted by Gasteiger charge is 2.19. The van der Waals surface area contributed by atoms with E-state index in [9.17, 15) is 17.6 Å². The normalized spacial score (nSPS) is 11.6. The van der Waals surface area contributed by atoms with Gasteiger partial charge in [-0.05, 0) is 30.7 Å². The molecule has 0 unspecified atom stereocenters. The molecule has 0 bridgehead atoms. The van der Waals surface area contributed by atoms with Crippen molar-refractivity contribution in [2.45, 2.75) is 26.2 Å². The standard InChI is InChI=1S/C14H21FN2O3S/c1-3-4-5-10-17(21(2,19)20)11-14(18)16-13-8-6-12(15)7-9-13/h6-9H,3-5,10-11H2,1-2H3,(H,16,18). The molecule has 0 aromatic heterocycles. The lowest BCUT2D eigenvalue weighted by atomic mass is 10.2. The van der Waals surface area contributed by atoms with E-state index in [0.717, 1.165) is 23.4 Å². The van der Waals surface area contributed by atoms with Gasteiger partial charge in [-0.3, -0.25) is 4.79 Å². The number of nitrogens with one attached hydrogen (secondary N) is 1. The monoisotopic (exact) mass is 316 g/mol. The summed E-state index contributed by atoms with van der Waals surface area (Å²) in [6.45, 7) is 2.11. The van der Waals surface area contributed by atoms with Crippen molar-refractivity contribution >= 4 is 21.6 Å². The van der Waals surface area contributed by atoms with Gasteiger partial charge in [0, 0.05) is 12.2 Å². The summed E-state index contributed by atoms with van der Waals surface area (Å²) in [5.41, 5.74) is 0.434. The first kappa shape index (κ1) is 17.6. The van der Waals surface area contributed by atoms with Crippen molar-refractivity contribution in [3.8, 4) is 0 Å². The average molecular weight is 316 g/mol. The minimum Gasteiger partial charge on any atom is -0.325 e. The van der Waals surface area contributed by atoms with E-state index >= 15 is 0 Å². The molecule has 118 valence electrons. The summed E-state index contributed by atoms with van der Waals surface area (Å²) in [6.07, 6.45) is 3.68. The molecule has 1 N–H and O–H groups in total. The summed E-state index contributed by atoms with van der Waals surface area (Å²) in [5.74, 6) is -0.839. The fourth-order valence-corrected chi connectivity index (χ4v) is 2.61. The summed E-state index contributed by atoms with van der Waals surface area (Å²) in [6, 6.07) is 5.31. The van der Waals surface area contributed by atoms with Crippen LogP contribution in [0.1, 0.15) is 26.2 Å². The zero-order valence-electron chi connectivity index (χ0n) is 12.3. The molecule has 0 fully saturated rings. The Hall–Kier alpha value is -1.47. The first-order chi connectivity index (χ1) is 9.82. The van der Waals surface area contributed by atoms with Gasteiger partial charge in [-0.2, -0.15) is 4.31 Å². The number of carbonyl (C=O) groups is 1. The molecule has 1 amide bonds. The Morgan fingerprint density at radius 3 is 2.38 bits per heavy atom. The predicted octanol–water partition coefficient (Wildman–Crippen LogP) is 2.22. The van der Waals surface area contributed by atoms with Crippen molar-refractivity contribution in [1.29, 1.82) is 0 Å². The van der Waals surface area contributed by atoms with Gasteiger partial charge in [0.1, 0.15) is 5.82 Å². The number of anilines is 1. The first-order valence-electron chi connectivity index (χ1n) is 6.83. The van der Waals surface area contributed by atoms with Gasteiger partial charge < -0.3 is 5.32 Å². The number of benzene rings is 1. The molecule has 0 saturated heterocycles. The molecule has 0 spiro atoms. The fourth-order valence-electron chi connectivity index (χ4n) is 1.79. The Kier molecular flexibility index (Phi) is 6.77. The molecule has 0 radical (unpaired) electrons. The lowest BCUT2D eigenvalue weighted by Gasteiger charge is -2.19. The highest BCUT2D eigenvalue weighted by molar-refractivity contribution is 7.88. The second kappa shape index (κ2) is 8.09. The Labute approximate surface area is 125 Å². The number of nitrogens with zero attached hydrogens (tertiary/aromatic N) is 1. The minimum atomic E-state index is -3.43. The third kappa shape index (κ3) is 6.68. The third-order valence-electron chi connectivity index (χ3n) is 2.93. The zero-order valence-corrected chi connectivity index (χ0v) is 13.1. The second-order valence-electron chi connectivity index (χ2n) is 4.86. The van der Waals surface area contributed by atoms with Crippen LogP contribution in [-0.4, -0.2) is 38.0 Å². The fraction of sp³-hybridized carbons (Fsp3) is 0.500. The van der Waals surface area contributed by atoms with Crippen molar-refractivity contribution < 1.29 is 17.6 Å². The van der Waals surface area contributed by atoms with Crippen molar-refractivity contribution in [3.05, 3.63) is 30.1 Å². The van der Waals surface area contributed by atoms with Crippen LogP contribution in [0.15, 0.2) is 24.3 Å². The zero-order chi connectivity index (χ0) is 15.9. The van der Waals surface area contributed by atoms with E-state index in [1.807, 2.05) is 6.92 Å². The molecular formula is C14H21FN2O3S. The average Bonchev–Trinajstić information content (AvgIpc) is 2.39. The van der Waals surface area contributed by atoms with E-state index < -0.39 is 21.7 Å². The van der Waals surface area contributed by atoms with E-state index in [2.05, 4.69) is 5.32 Å². The van der Waals surface area contributed by atoms with Crippen molar-refractivity contribution in [2.75, 3.05) is 24.7 Å². The lowest BCUT2D eigenvalue weighted by Crippen LogP contribution is -2.38.